The van der Waals surface area contributed by atoms with E-state index in [1.165, 1.54) is 25.7 Å². The van der Waals surface area contributed by atoms with Gasteiger partial charge >= 0.3 is 0 Å². The Morgan fingerprint density at radius 2 is 2.10 bits per heavy atom. The highest BCUT2D eigenvalue weighted by Crippen LogP contribution is 2.44. The fraction of sp³-hybridized carbons (Fsp3) is 0.588. The van der Waals surface area contributed by atoms with Crippen molar-refractivity contribution in [2.75, 3.05) is 0 Å². The first-order valence-corrected chi connectivity index (χ1v) is 9.14. The van der Waals surface area contributed by atoms with Gasteiger partial charge in [0.1, 0.15) is 0 Å². The second-order valence-corrected chi connectivity index (χ2v) is 7.97. The maximum atomic E-state index is 12.5. The van der Waals surface area contributed by atoms with E-state index in [0.29, 0.717) is 6.04 Å². The summed E-state index contributed by atoms with van der Waals surface area (Å²) in [6.07, 6.45) is 6.04. The van der Waals surface area contributed by atoms with Crippen LogP contribution < -0.4 is 5.32 Å². The second kappa shape index (κ2) is 6.62. The van der Waals surface area contributed by atoms with Crippen molar-refractivity contribution in [2.24, 2.45) is 11.8 Å². The summed E-state index contributed by atoms with van der Waals surface area (Å²) in [7, 11) is 0. The number of nitrogens with one attached hydrogen (secondary N) is 1. The van der Waals surface area contributed by atoms with Gasteiger partial charge in [-0.3, -0.25) is 4.79 Å². The quantitative estimate of drug-likeness (QED) is 0.807. The van der Waals surface area contributed by atoms with Crippen molar-refractivity contribution in [1.29, 1.82) is 0 Å². The molecule has 114 valence electrons. The lowest BCUT2D eigenvalue weighted by atomic mass is 9.95. The number of hydrogen-bond acceptors (Lipinski definition) is 2. The average Bonchev–Trinajstić information content (AvgIpc) is 3.09. The van der Waals surface area contributed by atoms with Crippen molar-refractivity contribution < 1.29 is 4.79 Å². The van der Waals surface area contributed by atoms with Gasteiger partial charge in [0.2, 0.25) is 5.91 Å². The highest BCUT2D eigenvalue weighted by Gasteiger charge is 2.40. The minimum absolute atomic E-state index is 0.00898. The number of amides is 1. The molecule has 2 aliphatic carbocycles. The van der Waals surface area contributed by atoms with Crippen molar-refractivity contribution in [3.05, 3.63) is 29.3 Å². The van der Waals surface area contributed by atoms with Gasteiger partial charge in [-0.15, -0.1) is 11.8 Å². The summed E-state index contributed by atoms with van der Waals surface area (Å²) in [6.45, 7) is 2.08. The van der Waals surface area contributed by atoms with Crippen molar-refractivity contribution in [3.8, 4) is 0 Å². The zero-order valence-corrected chi connectivity index (χ0v) is 13.9. The highest BCUT2D eigenvalue weighted by molar-refractivity contribution is 8.00. The molecule has 2 nitrogen and oxygen atoms in total. The van der Waals surface area contributed by atoms with E-state index in [0.717, 1.165) is 28.2 Å². The lowest BCUT2D eigenvalue weighted by molar-refractivity contribution is -0.121. The van der Waals surface area contributed by atoms with Gasteiger partial charge in [-0.1, -0.05) is 24.9 Å². The Morgan fingerprint density at radius 1 is 1.33 bits per heavy atom. The van der Waals surface area contributed by atoms with Crippen LogP contribution in [0, 0.1) is 11.8 Å². The highest BCUT2D eigenvalue weighted by atomic mass is 35.5. The molecule has 4 atom stereocenters. The smallest absolute Gasteiger partial charge is 0.233 e. The van der Waals surface area contributed by atoms with Crippen molar-refractivity contribution >= 4 is 29.3 Å². The van der Waals surface area contributed by atoms with E-state index in [-0.39, 0.29) is 11.2 Å². The molecule has 0 saturated heterocycles. The number of fused-ring (bicyclic) bond motifs is 2. The van der Waals surface area contributed by atoms with Crippen LogP contribution in [0.1, 0.15) is 39.0 Å². The summed E-state index contributed by atoms with van der Waals surface area (Å²) >= 11 is 7.54. The lowest BCUT2D eigenvalue weighted by Gasteiger charge is -2.25. The monoisotopic (exact) mass is 323 g/mol. The molecule has 21 heavy (non-hydrogen) atoms. The van der Waals surface area contributed by atoms with E-state index in [4.69, 9.17) is 11.6 Å². The third-order valence-electron chi connectivity index (χ3n) is 4.82. The number of thioether (sulfide) groups is 1. The molecule has 1 N–H and O–H groups in total. The normalized spacial score (nSPS) is 28.6. The number of carbonyl (C=O) groups excluding carboxylic acids is 1. The molecule has 1 aromatic carbocycles. The maximum absolute atomic E-state index is 12.5. The average molecular weight is 324 g/mol. The fourth-order valence-electron chi connectivity index (χ4n) is 3.70. The molecule has 0 aliphatic heterocycles. The summed E-state index contributed by atoms with van der Waals surface area (Å²) in [6, 6.07) is 8.16. The van der Waals surface area contributed by atoms with Crippen LogP contribution in [0.15, 0.2) is 29.2 Å². The first-order chi connectivity index (χ1) is 10.2. The van der Waals surface area contributed by atoms with E-state index in [1.54, 1.807) is 11.8 Å². The Balaban J connectivity index is 1.57. The number of hydrogen-bond donors (Lipinski definition) is 1. The number of halogens is 1. The Bertz CT molecular complexity index is 504. The van der Waals surface area contributed by atoms with Crippen LogP contribution in [0.3, 0.4) is 0 Å². The standard InChI is InChI=1S/C17H22ClNOS/c1-2-16(21-14-7-5-13(18)6-8-14)17(20)19-15-10-11-3-4-12(15)9-11/h5-8,11-12,15-16H,2-4,9-10H2,1H3,(H,19,20)/t11-,12-,15+,16-/m1/s1. The van der Waals surface area contributed by atoms with Crippen LogP contribution >= 0.6 is 23.4 Å². The van der Waals surface area contributed by atoms with Crippen LogP contribution in [0.4, 0.5) is 0 Å². The van der Waals surface area contributed by atoms with Crippen LogP contribution in [-0.4, -0.2) is 17.2 Å². The fourth-order valence-corrected chi connectivity index (χ4v) is 4.79. The molecule has 0 spiro atoms. The maximum Gasteiger partial charge on any atom is 0.233 e. The zero-order chi connectivity index (χ0) is 14.8. The topological polar surface area (TPSA) is 29.1 Å². The van der Waals surface area contributed by atoms with Crippen molar-refractivity contribution in [2.45, 2.75) is 55.2 Å². The zero-order valence-electron chi connectivity index (χ0n) is 12.3. The molecular formula is C17H22ClNOS. The van der Waals surface area contributed by atoms with Crippen LogP contribution in [0.2, 0.25) is 5.02 Å². The molecule has 0 unspecified atom stereocenters. The van der Waals surface area contributed by atoms with Crippen LogP contribution in [0.25, 0.3) is 0 Å². The molecule has 3 rings (SSSR count). The molecule has 2 fully saturated rings. The van der Waals surface area contributed by atoms with E-state index < -0.39 is 0 Å². The lowest BCUT2D eigenvalue weighted by Crippen LogP contribution is -2.42. The SMILES string of the molecule is CC[C@@H](Sc1ccc(Cl)cc1)C(=O)N[C@H]1C[C@@H]2CC[C@@H]1C2. The van der Waals surface area contributed by atoms with Gasteiger partial charge in [-0.05, 0) is 61.8 Å². The molecule has 0 heterocycles. The van der Waals surface area contributed by atoms with Crippen LogP contribution in [0.5, 0.6) is 0 Å². The third-order valence-corrected chi connectivity index (χ3v) is 6.45. The minimum Gasteiger partial charge on any atom is -0.352 e. The molecule has 4 heteroatoms. The van der Waals surface area contributed by atoms with Gasteiger partial charge in [0, 0.05) is 16.0 Å². The molecule has 0 aromatic heterocycles. The van der Waals surface area contributed by atoms with E-state index >= 15 is 0 Å². The summed E-state index contributed by atoms with van der Waals surface area (Å²) in [5.74, 6) is 1.80. The van der Waals surface area contributed by atoms with Gasteiger partial charge in [0.05, 0.1) is 5.25 Å². The first-order valence-electron chi connectivity index (χ1n) is 7.88. The van der Waals surface area contributed by atoms with Crippen molar-refractivity contribution in [1.82, 2.24) is 5.32 Å². The number of rotatable bonds is 5. The molecular weight excluding hydrogens is 302 g/mol. The van der Waals surface area contributed by atoms with Gasteiger partial charge in [0.25, 0.3) is 0 Å². The third kappa shape index (κ3) is 3.57. The Kier molecular flexibility index (Phi) is 4.80. The Labute approximate surface area is 136 Å². The first kappa shape index (κ1) is 15.2. The van der Waals surface area contributed by atoms with Gasteiger partial charge in [0.15, 0.2) is 0 Å². The molecule has 2 bridgehead atoms. The summed E-state index contributed by atoms with van der Waals surface area (Å²) in [4.78, 5) is 13.6. The summed E-state index contributed by atoms with van der Waals surface area (Å²) < 4.78 is 0. The van der Waals surface area contributed by atoms with Gasteiger partial charge in [-0.2, -0.15) is 0 Å². The number of benzene rings is 1. The predicted molar refractivity (Wildman–Crippen MR) is 88.8 cm³/mol. The molecule has 2 saturated carbocycles. The summed E-state index contributed by atoms with van der Waals surface area (Å²) in [5.41, 5.74) is 0. The second-order valence-electron chi connectivity index (χ2n) is 6.26. The van der Waals surface area contributed by atoms with Crippen LogP contribution in [-0.2, 0) is 4.79 Å². The van der Waals surface area contributed by atoms with Gasteiger partial charge < -0.3 is 5.32 Å². The Morgan fingerprint density at radius 3 is 2.67 bits per heavy atom. The Hall–Kier alpha value is -0.670. The van der Waals surface area contributed by atoms with E-state index in [2.05, 4.69) is 12.2 Å². The molecule has 2 aliphatic rings. The predicted octanol–water partition coefficient (Wildman–Crippen LogP) is 4.52. The summed E-state index contributed by atoms with van der Waals surface area (Å²) in [5, 5.41) is 4.03. The molecule has 0 radical (unpaired) electrons. The molecule has 1 amide bonds. The van der Waals surface area contributed by atoms with E-state index in [9.17, 15) is 4.79 Å². The van der Waals surface area contributed by atoms with E-state index in [1.807, 2.05) is 24.3 Å². The largest absolute Gasteiger partial charge is 0.352 e. The van der Waals surface area contributed by atoms with Crippen molar-refractivity contribution in [3.63, 3.8) is 0 Å². The molecule has 1 aromatic rings. The van der Waals surface area contributed by atoms with Gasteiger partial charge in [-0.25, -0.2) is 0 Å². The minimum atomic E-state index is -0.00898. The number of carbonyl (C=O) groups is 1.